The minimum absolute atomic E-state index is 0.209. The molecule has 29 heavy (non-hydrogen) atoms. The molecule has 152 valence electrons. The number of likely N-dealkylation sites (N-methyl/N-ethyl adjacent to an activating group) is 1. The summed E-state index contributed by atoms with van der Waals surface area (Å²) in [5, 5.41) is 1.54. The van der Waals surface area contributed by atoms with Crippen LogP contribution in [0.2, 0.25) is 0 Å². The van der Waals surface area contributed by atoms with E-state index in [2.05, 4.69) is 27.8 Å². The van der Waals surface area contributed by atoms with Crippen LogP contribution in [0.5, 0.6) is 5.75 Å². The fraction of sp³-hybridized carbons (Fsp3) is 0.238. The Balaban J connectivity index is 1.98. The number of hydrogen-bond donors (Lipinski definition) is 0. The molecule has 1 aliphatic rings. The Morgan fingerprint density at radius 3 is 2.59 bits per heavy atom. The second-order valence-electron chi connectivity index (χ2n) is 6.84. The molecule has 0 aliphatic carbocycles. The van der Waals surface area contributed by atoms with Gasteiger partial charge in [0.15, 0.2) is 0 Å². The molecule has 4 rings (SSSR count). The summed E-state index contributed by atoms with van der Waals surface area (Å²) in [5.41, 5.74) is 2.35. The van der Waals surface area contributed by atoms with Gasteiger partial charge in [-0.3, -0.25) is 4.90 Å². The zero-order valence-electron chi connectivity index (χ0n) is 16.0. The van der Waals surface area contributed by atoms with E-state index in [0.29, 0.717) is 28.8 Å². The monoisotopic (exact) mass is 494 g/mol. The van der Waals surface area contributed by atoms with E-state index in [1.165, 1.54) is 3.97 Å². The molecule has 0 unspecified atom stereocenters. The Kier molecular flexibility index (Phi) is 5.50. The van der Waals surface area contributed by atoms with Gasteiger partial charge in [-0.15, -0.1) is 0 Å². The minimum atomic E-state index is -3.81. The molecule has 0 atom stereocenters. The van der Waals surface area contributed by atoms with Gasteiger partial charge in [-0.05, 0) is 58.4 Å². The molecule has 1 aliphatic heterocycles. The standard InChI is InChI=1S/C21H20BrClN2O3S/c1-3-24-11-17(19(23)13-24)16-12-25(20-9-8-14(28-2)10-15(16)20)29(26,27)21-7-5-4-6-18(21)22/h4-10,12H,3,11,13H2,1-2H3. The molecule has 0 N–H and O–H groups in total. The van der Waals surface area contributed by atoms with Crippen molar-refractivity contribution in [3.8, 4) is 5.75 Å². The Labute approximate surface area is 183 Å². The third-order valence-corrected chi connectivity index (χ3v) is 8.23. The largest absolute Gasteiger partial charge is 0.497 e. The maximum Gasteiger partial charge on any atom is 0.269 e. The van der Waals surface area contributed by atoms with Gasteiger partial charge >= 0.3 is 0 Å². The molecule has 0 saturated heterocycles. The summed E-state index contributed by atoms with van der Waals surface area (Å²) in [6.07, 6.45) is 1.68. The molecule has 1 aromatic heterocycles. The summed E-state index contributed by atoms with van der Waals surface area (Å²) in [6, 6.07) is 12.2. The summed E-state index contributed by atoms with van der Waals surface area (Å²) in [5.74, 6) is 0.664. The van der Waals surface area contributed by atoms with Crippen molar-refractivity contribution in [1.29, 1.82) is 0 Å². The highest BCUT2D eigenvalue weighted by Gasteiger charge is 2.28. The summed E-state index contributed by atoms with van der Waals surface area (Å²) in [7, 11) is -2.22. The van der Waals surface area contributed by atoms with Gasteiger partial charge in [-0.1, -0.05) is 30.7 Å². The van der Waals surface area contributed by atoms with Gasteiger partial charge in [0.2, 0.25) is 0 Å². The van der Waals surface area contributed by atoms with Crippen LogP contribution in [0.15, 0.2) is 63.1 Å². The summed E-state index contributed by atoms with van der Waals surface area (Å²) < 4.78 is 34.2. The molecule has 0 bridgehead atoms. The Hall–Kier alpha value is -1.80. The zero-order chi connectivity index (χ0) is 20.8. The predicted molar refractivity (Wildman–Crippen MR) is 120 cm³/mol. The predicted octanol–water partition coefficient (Wildman–Crippen LogP) is 4.93. The van der Waals surface area contributed by atoms with Crippen LogP contribution in [0.25, 0.3) is 16.5 Å². The molecule has 2 heterocycles. The normalized spacial score (nSPS) is 15.4. The van der Waals surface area contributed by atoms with E-state index in [1.807, 2.05) is 6.07 Å². The second-order valence-corrected chi connectivity index (χ2v) is 9.94. The Morgan fingerprint density at radius 2 is 1.93 bits per heavy atom. The fourth-order valence-corrected chi connectivity index (χ4v) is 6.29. The number of hydrogen-bond acceptors (Lipinski definition) is 4. The molecule has 2 aromatic carbocycles. The van der Waals surface area contributed by atoms with Gasteiger partial charge < -0.3 is 4.74 Å². The van der Waals surface area contributed by atoms with Crippen molar-refractivity contribution >= 4 is 54.0 Å². The van der Waals surface area contributed by atoms with Crippen LogP contribution >= 0.6 is 27.5 Å². The van der Waals surface area contributed by atoms with Gasteiger partial charge in [0.25, 0.3) is 10.0 Å². The van der Waals surface area contributed by atoms with Crippen molar-refractivity contribution in [3.05, 3.63) is 63.7 Å². The molecular weight excluding hydrogens is 476 g/mol. The lowest BCUT2D eigenvalue weighted by atomic mass is 10.1. The molecule has 8 heteroatoms. The van der Waals surface area contributed by atoms with E-state index >= 15 is 0 Å². The molecule has 0 spiro atoms. The summed E-state index contributed by atoms with van der Waals surface area (Å²) in [6.45, 7) is 4.30. The molecule has 0 fully saturated rings. The van der Waals surface area contributed by atoms with E-state index in [0.717, 1.165) is 28.1 Å². The van der Waals surface area contributed by atoms with E-state index in [9.17, 15) is 8.42 Å². The Bertz CT molecular complexity index is 1230. The van der Waals surface area contributed by atoms with E-state index < -0.39 is 10.0 Å². The van der Waals surface area contributed by atoms with E-state index in [4.69, 9.17) is 16.3 Å². The van der Waals surface area contributed by atoms with Crippen molar-refractivity contribution in [3.63, 3.8) is 0 Å². The number of fused-ring (bicyclic) bond motifs is 1. The number of halogens is 2. The molecule has 5 nitrogen and oxygen atoms in total. The first-order valence-corrected chi connectivity index (χ1v) is 11.8. The van der Waals surface area contributed by atoms with Crippen LogP contribution < -0.4 is 4.74 Å². The third kappa shape index (κ3) is 3.50. The fourth-order valence-electron chi connectivity index (χ4n) is 3.62. The van der Waals surface area contributed by atoms with Crippen molar-refractivity contribution < 1.29 is 13.2 Å². The highest BCUT2D eigenvalue weighted by molar-refractivity contribution is 9.10. The van der Waals surface area contributed by atoms with Crippen LogP contribution in [0.4, 0.5) is 0 Å². The lowest BCUT2D eigenvalue weighted by Gasteiger charge is -2.11. The SMILES string of the molecule is CCN1CC(Cl)=C(c2cn(S(=O)(=O)c3ccccc3Br)c3ccc(OC)cc23)C1. The lowest BCUT2D eigenvalue weighted by molar-refractivity contribution is 0.375. The maximum absolute atomic E-state index is 13.5. The van der Waals surface area contributed by atoms with E-state index in [-0.39, 0.29) is 4.90 Å². The first-order chi connectivity index (χ1) is 13.9. The second kappa shape index (κ2) is 7.80. The number of aromatic nitrogens is 1. The number of nitrogens with zero attached hydrogens (tertiary/aromatic N) is 2. The van der Waals surface area contributed by atoms with Gasteiger partial charge in [-0.25, -0.2) is 12.4 Å². The maximum atomic E-state index is 13.5. The topological polar surface area (TPSA) is 51.5 Å². The van der Waals surface area contributed by atoms with Gasteiger partial charge in [0.1, 0.15) is 10.6 Å². The van der Waals surface area contributed by atoms with Crippen molar-refractivity contribution in [1.82, 2.24) is 8.87 Å². The highest BCUT2D eigenvalue weighted by Crippen LogP contribution is 2.38. The van der Waals surface area contributed by atoms with Crippen LogP contribution in [0.1, 0.15) is 12.5 Å². The van der Waals surface area contributed by atoms with Crippen molar-refractivity contribution in [2.45, 2.75) is 11.8 Å². The van der Waals surface area contributed by atoms with Crippen LogP contribution in [0, 0.1) is 0 Å². The highest BCUT2D eigenvalue weighted by atomic mass is 79.9. The molecular formula is C21H20BrClN2O3S. The third-order valence-electron chi connectivity index (χ3n) is 5.20. The summed E-state index contributed by atoms with van der Waals surface area (Å²) in [4.78, 5) is 2.42. The Morgan fingerprint density at radius 1 is 1.17 bits per heavy atom. The van der Waals surface area contributed by atoms with Crippen molar-refractivity contribution in [2.75, 3.05) is 26.7 Å². The number of ether oxygens (including phenoxy) is 1. The minimum Gasteiger partial charge on any atom is -0.497 e. The number of methoxy groups -OCH3 is 1. The quantitative estimate of drug-likeness (QED) is 0.503. The van der Waals surface area contributed by atoms with E-state index in [1.54, 1.807) is 49.7 Å². The number of benzene rings is 2. The number of rotatable bonds is 5. The summed E-state index contributed by atoms with van der Waals surface area (Å²) >= 11 is 9.93. The first-order valence-electron chi connectivity index (χ1n) is 9.16. The van der Waals surface area contributed by atoms with Crippen LogP contribution in [-0.2, 0) is 10.0 Å². The molecule has 0 saturated carbocycles. The average molecular weight is 496 g/mol. The van der Waals surface area contributed by atoms with Gasteiger partial charge in [0.05, 0.1) is 12.6 Å². The average Bonchev–Trinajstić information content (AvgIpc) is 3.28. The molecule has 3 aromatic rings. The lowest BCUT2D eigenvalue weighted by Crippen LogP contribution is -2.20. The van der Waals surface area contributed by atoms with Crippen LogP contribution in [0.3, 0.4) is 0 Å². The molecule has 0 amide bonds. The van der Waals surface area contributed by atoms with Crippen LogP contribution in [-0.4, -0.2) is 44.0 Å². The van der Waals surface area contributed by atoms with Crippen molar-refractivity contribution in [2.24, 2.45) is 0 Å². The zero-order valence-corrected chi connectivity index (χ0v) is 19.2. The van der Waals surface area contributed by atoms with Gasteiger partial charge in [-0.2, -0.15) is 0 Å². The molecule has 0 radical (unpaired) electrons. The smallest absolute Gasteiger partial charge is 0.269 e. The van der Waals surface area contributed by atoms with Gasteiger partial charge in [0, 0.05) is 39.7 Å². The first kappa shape index (κ1) is 20.5.